The van der Waals surface area contributed by atoms with E-state index in [9.17, 15) is 9.18 Å². The smallest absolute Gasteiger partial charge is 0.257 e. The zero-order valence-corrected chi connectivity index (χ0v) is 14.5. The second kappa shape index (κ2) is 8.25. The maximum atomic E-state index is 13.3. The number of hydrogen-bond acceptors (Lipinski definition) is 3. The van der Waals surface area contributed by atoms with Crippen molar-refractivity contribution in [3.05, 3.63) is 90.0 Å². The third kappa shape index (κ3) is 4.45. The Morgan fingerprint density at radius 1 is 1.08 bits per heavy atom. The number of amides is 1. The lowest BCUT2D eigenvalue weighted by molar-refractivity contribution is 0.102. The number of nitrogens with one attached hydrogen (secondary N) is 1. The number of carbonyl (C=O) groups is 1. The first-order valence-electron chi connectivity index (χ1n) is 8.46. The molecule has 1 amide bonds. The van der Waals surface area contributed by atoms with Crippen LogP contribution in [0.4, 0.5) is 15.8 Å². The van der Waals surface area contributed by atoms with E-state index in [2.05, 4.69) is 34.3 Å². The summed E-state index contributed by atoms with van der Waals surface area (Å²) in [5.74, 6) is -0.713. The van der Waals surface area contributed by atoms with E-state index in [1.165, 1.54) is 23.9 Å². The third-order valence-electron chi connectivity index (χ3n) is 4.03. The fraction of sp³-hybridized carbons (Fsp3) is 0.143. The molecule has 132 valence electrons. The van der Waals surface area contributed by atoms with Crippen molar-refractivity contribution in [2.45, 2.75) is 13.5 Å². The Kier molecular flexibility index (Phi) is 5.59. The lowest BCUT2D eigenvalue weighted by Gasteiger charge is -2.23. The summed E-state index contributed by atoms with van der Waals surface area (Å²) in [5, 5.41) is 2.70. The third-order valence-corrected chi connectivity index (χ3v) is 4.03. The molecule has 4 nitrogen and oxygen atoms in total. The van der Waals surface area contributed by atoms with Gasteiger partial charge < -0.3 is 10.2 Å². The SMILES string of the molecule is CCN(Cc1ccccc1)c1cncc(C(=O)Nc2cccc(F)c2)c1. The molecular weight excluding hydrogens is 329 g/mol. The first-order chi connectivity index (χ1) is 12.7. The summed E-state index contributed by atoms with van der Waals surface area (Å²) in [6.45, 7) is 3.57. The summed E-state index contributed by atoms with van der Waals surface area (Å²) in [7, 11) is 0. The van der Waals surface area contributed by atoms with Crippen molar-refractivity contribution < 1.29 is 9.18 Å². The fourth-order valence-corrected chi connectivity index (χ4v) is 2.68. The minimum Gasteiger partial charge on any atom is -0.366 e. The molecule has 26 heavy (non-hydrogen) atoms. The average Bonchev–Trinajstić information content (AvgIpc) is 2.67. The Hall–Kier alpha value is -3.21. The minimum atomic E-state index is -0.394. The van der Waals surface area contributed by atoms with Crippen LogP contribution in [0, 0.1) is 5.82 Å². The molecule has 0 saturated heterocycles. The van der Waals surface area contributed by atoms with Gasteiger partial charge in [-0.25, -0.2) is 4.39 Å². The predicted molar refractivity (Wildman–Crippen MR) is 102 cm³/mol. The number of rotatable bonds is 6. The van der Waals surface area contributed by atoms with Gasteiger partial charge in [0.05, 0.1) is 17.4 Å². The highest BCUT2D eigenvalue weighted by Gasteiger charge is 2.11. The molecule has 2 aromatic carbocycles. The molecule has 0 fully saturated rings. The molecule has 0 bridgehead atoms. The zero-order chi connectivity index (χ0) is 18.4. The Balaban J connectivity index is 1.77. The number of carbonyl (C=O) groups excluding carboxylic acids is 1. The molecule has 0 aliphatic rings. The summed E-state index contributed by atoms with van der Waals surface area (Å²) in [6.07, 6.45) is 3.25. The van der Waals surface area contributed by atoms with Crippen LogP contribution in [0.1, 0.15) is 22.8 Å². The Morgan fingerprint density at radius 2 is 1.88 bits per heavy atom. The van der Waals surface area contributed by atoms with Gasteiger partial charge in [0.1, 0.15) is 5.82 Å². The Bertz CT molecular complexity index is 883. The van der Waals surface area contributed by atoms with Gasteiger partial charge in [-0.2, -0.15) is 0 Å². The maximum absolute atomic E-state index is 13.3. The van der Waals surface area contributed by atoms with Crippen molar-refractivity contribution in [3.8, 4) is 0 Å². The van der Waals surface area contributed by atoms with Gasteiger partial charge in [-0.1, -0.05) is 36.4 Å². The van der Waals surface area contributed by atoms with E-state index in [0.717, 1.165) is 18.8 Å². The Morgan fingerprint density at radius 3 is 2.62 bits per heavy atom. The van der Waals surface area contributed by atoms with Crippen LogP contribution in [0.5, 0.6) is 0 Å². The molecule has 5 heteroatoms. The van der Waals surface area contributed by atoms with Crippen LogP contribution in [-0.4, -0.2) is 17.4 Å². The van der Waals surface area contributed by atoms with E-state index >= 15 is 0 Å². The molecule has 1 aromatic heterocycles. The van der Waals surface area contributed by atoms with Crippen LogP contribution < -0.4 is 10.2 Å². The summed E-state index contributed by atoms with van der Waals surface area (Å²) in [4.78, 5) is 18.8. The standard InChI is InChI=1S/C21H20FN3O/c1-2-25(15-16-7-4-3-5-8-16)20-11-17(13-23-14-20)21(26)24-19-10-6-9-18(22)12-19/h3-14H,2,15H2,1H3,(H,24,26). The summed E-state index contributed by atoms with van der Waals surface area (Å²) in [6, 6.07) is 17.7. The van der Waals surface area contributed by atoms with Crippen LogP contribution in [0.2, 0.25) is 0 Å². The number of aromatic nitrogens is 1. The van der Waals surface area contributed by atoms with Crippen molar-refractivity contribution >= 4 is 17.3 Å². The van der Waals surface area contributed by atoms with E-state index in [1.807, 2.05) is 18.2 Å². The molecule has 0 aliphatic heterocycles. The molecule has 1 N–H and O–H groups in total. The highest BCUT2D eigenvalue weighted by molar-refractivity contribution is 6.04. The normalized spacial score (nSPS) is 10.4. The van der Waals surface area contributed by atoms with Crippen molar-refractivity contribution in [1.82, 2.24) is 4.98 Å². The van der Waals surface area contributed by atoms with E-state index in [-0.39, 0.29) is 5.91 Å². The molecule has 3 aromatic rings. The lowest BCUT2D eigenvalue weighted by atomic mass is 10.2. The minimum absolute atomic E-state index is 0.319. The first-order valence-corrected chi connectivity index (χ1v) is 8.46. The predicted octanol–water partition coefficient (Wildman–Crippen LogP) is 4.50. The van der Waals surface area contributed by atoms with Crippen LogP contribution in [0.3, 0.4) is 0 Å². The number of nitrogens with zero attached hydrogens (tertiary/aromatic N) is 2. The van der Waals surface area contributed by atoms with Gasteiger partial charge in [0, 0.05) is 25.0 Å². The van der Waals surface area contributed by atoms with Crippen molar-refractivity contribution in [1.29, 1.82) is 0 Å². The number of hydrogen-bond donors (Lipinski definition) is 1. The quantitative estimate of drug-likeness (QED) is 0.713. The van der Waals surface area contributed by atoms with Gasteiger partial charge in [0.15, 0.2) is 0 Å². The average molecular weight is 349 g/mol. The molecule has 0 unspecified atom stereocenters. The first kappa shape index (κ1) is 17.6. The molecule has 3 rings (SSSR count). The summed E-state index contributed by atoms with van der Waals surface area (Å²) >= 11 is 0. The van der Waals surface area contributed by atoms with Gasteiger partial charge >= 0.3 is 0 Å². The molecular formula is C21H20FN3O. The van der Waals surface area contributed by atoms with Crippen molar-refractivity contribution in [2.75, 3.05) is 16.8 Å². The van der Waals surface area contributed by atoms with Gasteiger partial charge in [-0.05, 0) is 36.8 Å². The second-order valence-corrected chi connectivity index (χ2v) is 5.90. The van der Waals surface area contributed by atoms with Gasteiger partial charge in [-0.15, -0.1) is 0 Å². The fourth-order valence-electron chi connectivity index (χ4n) is 2.68. The molecule has 0 saturated carbocycles. The highest BCUT2D eigenvalue weighted by Crippen LogP contribution is 2.19. The van der Waals surface area contributed by atoms with Crippen LogP contribution in [0.15, 0.2) is 73.1 Å². The monoisotopic (exact) mass is 349 g/mol. The maximum Gasteiger partial charge on any atom is 0.257 e. The molecule has 0 atom stereocenters. The van der Waals surface area contributed by atoms with Crippen LogP contribution in [0.25, 0.3) is 0 Å². The number of halogens is 1. The topological polar surface area (TPSA) is 45.2 Å². The number of pyridine rings is 1. The summed E-state index contributed by atoms with van der Waals surface area (Å²) < 4.78 is 13.3. The van der Waals surface area contributed by atoms with Gasteiger partial charge in [0.2, 0.25) is 0 Å². The lowest BCUT2D eigenvalue weighted by Crippen LogP contribution is -2.23. The van der Waals surface area contributed by atoms with Crippen molar-refractivity contribution in [2.24, 2.45) is 0 Å². The van der Waals surface area contributed by atoms with Crippen LogP contribution in [-0.2, 0) is 6.54 Å². The number of anilines is 2. The number of benzene rings is 2. The second-order valence-electron chi connectivity index (χ2n) is 5.90. The Labute approximate surface area is 152 Å². The zero-order valence-electron chi connectivity index (χ0n) is 14.5. The van der Waals surface area contributed by atoms with Crippen LogP contribution >= 0.6 is 0 Å². The van der Waals surface area contributed by atoms with Gasteiger partial charge in [0.25, 0.3) is 5.91 Å². The largest absolute Gasteiger partial charge is 0.366 e. The molecule has 0 spiro atoms. The van der Waals surface area contributed by atoms with Gasteiger partial charge in [-0.3, -0.25) is 9.78 Å². The molecule has 0 aliphatic carbocycles. The van der Waals surface area contributed by atoms with E-state index < -0.39 is 5.82 Å². The van der Waals surface area contributed by atoms with E-state index in [1.54, 1.807) is 24.4 Å². The molecule has 1 heterocycles. The molecule has 0 radical (unpaired) electrons. The van der Waals surface area contributed by atoms with Crippen molar-refractivity contribution in [3.63, 3.8) is 0 Å². The van der Waals surface area contributed by atoms with E-state index in [0.29, 0.717) is 11.3 Å². The van der Waals surface area contributed by atoms with E-state index in [4.69, 9.17) is 0 Å². The summed E-state index contributed by atoms with van der Waals surface area (Å²) in [5.41, 5.74) is 2.89. The highest BCUT2D eigenvalue weighted by atomic mass is 19.1.